The molecule has 102 valence electrons. The summed E-state index contributed by atoms with van der Waals surface area (Å²) in [5.41, 5.74) is 1.63. The molecule has 0 aliphatic carbocycles. The van der Waals surface area contributed by atoms with E-state index in [9.17, 15) is 8.42 Å². The van der Waals surface area contributed by atoms with Gasteiger partial charge in [0, 0.05) is 17.1 Å². The second-order valence-electron chi connectivity index (χ2n) is 4.06. The highest BCUT2D eigenvalue weighted by molar-refractivity contribution is 9.11. The number of sulfonamides is 1. The number of hydrogen-bond acceptors (Lipinski definition) is 4. The molecule has 0 unspecified atom stereocenters. The average Bonchev–Trinajstić information content (AvgIpc) is 2.72. The Kier molecular flexibility index (Phi) is 4.62. The number of hydrogen-bond donors (Lipinski definition) is 2. The normalized spacial score (nSPS) is 11.5. The van der Waals surface area contributed by atoms with Gasteiger partial charge in [0.2, 0.25) is 10.0 Å². The Morgan fingerprint density at radius 1 is 1.16 bits per heavy atom. The van der Waals surface area contributed by atoms with Gasteiger partial charge in [0.05, 0.1) is 9.54 Å². The summed E-state index contributed by atoms with van der Waals surface area (Å²) in [6, 6.07) is 11.3. The third-order valence-electron chi connectivity index (χ3n) is 2.42. The van der Waals surface area contributed by atoms with Crippen LogP contribution in [0.4, 0.5) is 5.69 Å². The Bertz CT molecular complexity index is 651. The van der Waals surface area contributed by atoms with E-state index in [0.29, 0.717) is 5.56 Å². The Balaban J connectivity index is 1.95. The maximum absolute atomic E-state index is 11.0. The van der Waals surface area contributed by atoms with Crippen LogP contribution in [0.25, 0.3) is 0 Å². The number of halogens is 1. The highest BCUT2D eigenvalue weighted by Crippen LogP contribution is 2.23. The molecule has 0 bridgehead atoms. The highest BCUT2D eigenvalue weighted by Gasteiger charge is 2.04. The molecule has 1 heterocycles. The zero-order chi connectivity index (χ0) is 13.9. The van der Waals surface area contributed by atoms with Gasteiger partial charge >= 0.3 is 0 Å². The number of rotatable bonds is 5. The highest BCUT2D eigenvalue weighted by atomic mass is 79.9. The number of nitrogens with one attached hydrogen (secondary N) is 1. The second-order valence-corrected chi connectivity index (χ2v) is 8.23. The van der Waals surface area contributed by atoms with Gasteiger partial charge in [-0.15, -0.1) is 11.3 Å². The van der Waals surface area contributed by atoms with Gasteiger partial charge in [0.1, 0.15) is 0 Å². The third kappa shape index (κ3) is 4.94. The average molecular weight is 361 g/mol. The third-order valence-corrected chi connectivity index (χ3v) is 4.78. The van der Waals surface area contributed by atoms with Crippen molar-refractivity contribution in [3.05, 3.63) is 50.6 Å². The topological polar surface area (TPSA) is 72.2 Å². The van der Waals surface area contributed by atoms with Crippen LogP contribution in [-0.4, -0.2) is 8.42 Å². The molecule has 0 saturated heterocycles. The Labute approximate surface area is 124 Å². The lowest BCUT2D eigenvalue weighted by atomic mass is 10.2. The molecule has 0 saturated carbocycles. The molecule has 7 heteroatoms. The minimum atomic E-state index is -3.47. The number of primary sulfonamides is 1. The van der Waals surface area contributed by atoms with E-state index in [1.165, 1.54) is 4.88 Å². The van der Waals surface area contributed by atoms with Crippen molar-refractivity contribution in [1.82, 2.24) is 0 Å². The molecule has 2 rings (SSSR count). The molecule has 0 atom stereocenters. The SMILES string of the molecule is NS(=O)(=O)Cc1ccc(NCc2ccc(Br)s2)cc1. The van der Waals surface area contributed by atoms with E-state index >= 15 is 0 Å². The minimum absolute atomic E-state index is 0.134. The first-order chi connectivity index (χ1) is 8.92. The van der Waals surface area contributed by atoms with Crippen LogP contribution in [-0.2, 0) is 22.3 Å². The van der Waals surface area contributed by atoms with Gasteiger partial charge < -0.3 is 5.32 Å². The quantitative estimate of drug-likeness (QED) is 0.860. The summed E-state index contributed by atoms with van der Waals surface area (Å²) in [7, 11) is -3.47. The second kappa shape index (κ2) is 6.04. The number of thiophene rings is 1. The molecule has 0 aliphatic heterocycles. The van der Waals surface area contributed by atoms with Crippen molar-refractivity contribution in [3.63, 3.8) is 0 Å². The van der Waals surface area contributed by atoms with Crippen molar-refractivity contribution in [2.24, 2.45) is 5.14 Å². The maximum atomic E-state index is 11.0. The van der Waals surface area contributed by atoms with Gasteiger partial charge in [0.25, 0.3) is 0 Å². The smallest absolute Gasteiger partial charge is 0.213 e. The van der Waals surface area contributed by atoms with Crippen LogP contribution in [0.2, 0.25) is 0 Å². The lowest BCUT2D eigenvalue weighted by molar-refractivity contribution is 0.597. The van der Waals surface area contributed by atoms with Crippen LogP contribution in [0, 0.1) is 0 Å². The van der Waals surface area contributed by atoms with E-state index in [1.807, 2.05) is 18.2 Å². The zero-order valence-electron chi connectivity index (χ0n) is 9.97. The Morgan fingerprint density at radius 3 is 2.37 bits per heavy atom. The van der Waals surface area contributed by atoms with Gasteiger partial charge in [-0.2, -0.15) is 0 Å². The first kappa shape index (κ1) is 14.5. The standard InChI is InChI=1S/C12H13BrN2O2S2/c13-12-6-5-11(18-12)7-15-10-3-1-9(2-4-10)8-19(14,16)17/h1-6,15H,7-8H2,(H2,14,16,17). The van der Waals surface area contributed by atoms with E-state index in [4.69, 9.17) is 5.14 Å². The summed E-state index contributed by atoms with van der Waals surface area (Å²) in [5, 5.41) is 8.27. The van der Waals surface area contributed by atoms with Crippen molar-refractivity contribution >= 4 is 43.0 Å². The zero-order valence-corrected chi connectivity index (χ0v) is 13.2. The maximum Gasteiger partial charge on any atom is 0.213 e. The predicted molar refractivity (Wildman–Crippen MR) is 82.6 cm³/mol. The van der Waals surface area contributed by atoms with Gasteiger partial charge in [-0.05, 0) is 45.8 Å². The lowest BCUT2D eigenvalue weighted by Gasteiger charge is -2.06. The van der Waals surface area contributed by atoms with Crippen LogP contribution < -0.4 is 10.5 Å². The van der Waals surface area contributed by atoms with Crippen molar-refractivity contribution < 1.29 is 8.42 Å². The molecular formula is C12H13BrN2O2S2. The molecule has 0 spiro atoms. The molecule has 1 aromatic carbocycles. The summed E-state index contributed by atoms with van der Waals surface area (Å²) >= 11 is 5.09. The van der Waals surface area contributed by atoms with Gasteiger partial charge in [-0.3, -0.25) is 0 Å². The molecule has 0 aliphatic rings. The van der Waals surface area contributed by atoms with E-state index in [-0.39, 0.29) is 5.75 Å². The number of benzene rings is 1. The summed E-state index contributed by atoms with van der Waals surface area (Å²) < 4.78 is 23.0. The van der Waals surface area contributed by atoms with E-state index in [2.05, 4.69) is 27.3 Å². The van der Waals surface area contributed by atoms with Crippen molar-refractivity contribution in [1.29, 1.82) is 0 Å². The van der Waals surface area contributed by atoms with Crippen LogP contribution in [0.5, 0.6) is 0 Å². The van der Waals surface area contributed by atoms with Crippen molar-refractivity contribution in [3.8, 4) is 0 Å². The predicted octanol–water partition coefficient (Wildman–Crippen LogP) is 2.91. The molecule has 2 aromatic rings. The fourth-order valence-corrected chi connectivity index (χ4v) is 3.67. The van der Waals surface area contributed by atoms with Crippen LogP contribution in [0.1, 0.15) is 10.4 Å². The minimum Gasteiger partial charge on any atom is -0.380 e. The van der Waals surface area contributed by atoms with Crippen molar-refractivity contribution in [2.75, 3.05) is 5.32 Å². The monoisotopic (exact) mass is 360 g/mol. The van der Waals surface area contributed by atoms with Crippen molar-refractivity contribution in [2.45, 2.75) is 12.3 Å². The van der Waals surface area contributed by atoms with E-state index < -0.39 is 10.0 Å². The summed E-state index contributed by atoms with van der Waals surface area (Å²) in [4.78, 5) is 1.22. The Morgan fingerprint density at radius 2 is 1.84 bits per heavy atom. The number of nitrogens with two attached hydrogens (primary N) is 1. The fourth-order valence-electron chi connectivity index (χ4n) is 1.59. The van der Waals surface area contributed by atoms with E-state index in [1.54, 1.807) is 23.5 Å². The molecule has 3 N–H and O–H groups in total. The molecule has 0 radical (unpaired) electrons. The van der Waals surface area contributed by atoms with Crippen LogP contribution in [0.3, 0.4) is 0 Å². The van der Waals surface area contributed by atoms with E-state index in [0.717, 1.165) is 16.0 Å². The molecular weight excluding hydrogens is 348 g/mol. The van der Waals surface area contributed by atoms with Gasteiger partial charge in [-0.1, -0.05) is 12.1 Å². The molecule has 1 aromatic heterocycles. The molecule has 0 fully saturated rings. The summed E-state index contributed by atoms with van der Waals surface area (Å²) in [5.74, 6) is -0.134. The van der Waals surface area contributed by atoms with Crippen LogP contribution >= 0.6 is 27.3 Å². The first-order valence-electron chi connectivity index (χ1n) is 5.50. The van der Waals surface area contributed by atoms with Gasteiger partial charge in [-0.25, -0.2) is 13.6 Å². The number of anilines is 1. The first-order valence-corrected chi connectivity index (χ1v) is 8.82. The van der Waals surface area contributed by atoms with Gasteiger partial charge in [0.15, 0.2) is 0 Å². The molecule has 0 amide bonds. The largest absolute Gasteiger partial charge is 0.380 e. The molecule has 19 heavy (non-hydrogen) atoms. The fraction of sp³-hybridized carbons (Fsp3) is 0.167. The summed E-state index contributed by atoms with van der Waals surface area (Å²) in [6.45, 7) is 0.741. The lowest BCUT2D eigenvalue weighted by Crippen LogP contribution is -2.14. The molecule has 4 nitrogen and oxygen atoms in total. The summed E-state index contributed by atoms with van der Waals surface area (Å²) in [6.07, 6.45) is 0. The van der Waals surface area contributed by atoms with Crippen LogP contribution in [0.15, 0.2) is 40.2 Å². The Hall–Kier alpha value is -0.890.